The summed E-state index contributed by atoms with van der Waals surface area (Å²) in [7, 11) is 0. The van der Waals surface area contributed by atoms with E-state index >= 15 is 0 Å². The summed E-state index contributed by atoms with van der Waals surface area (Å²) in [6.07, 6.45) is 4.24. The van der Waals surface area contributed by atoms with Gasteiger partial charge in [0.2, 0.25) is 17.7 Å². The van der Waals surface area contributed by atoms with E-state index in [1.165, 1.54) is 6.08 Å². The van der Waals surface area contributed by atoms with Gasteiger partial charge in [0.25, 0.3) is 0 Å². The summed E-state index contributed by atoms with van der Waals surface area (Å²) >= 11 is 5.91. The first-order chi connectivity index (χ1) is 22.7. The zero-order valence-corrected chi connectivity index (χ0v) is 27.9. The van der Waals surface area contributed by atoms with E-state index in [9.17, 15) is 28.0 Å². The molecule has 252 valence electrons. The second-order valence-electron chi connectivity index (χ2n) is 13.0. The predicted octanol–water partition coefficient (Wildman–Crippen LogP) is 7.47. The van der Waals surface area contributed by atoms with Crippen LogP contribution in [-0.2, 0) is 23.9 Å². The quantitative estimate of drug-likeness (QED) is 0.164. The van der Waals surface area contributed by atoms with Crippen LogP contribution in [0, 0.1) is 17.6 Å². The Morgan fingerprint density at radius 1 is 1.10 bits per heavy atom. The first kappa shape index (κ1) is 34.7. The van der Waals surface area contributed by atoms with E-state index in [4.69, 9.17) is 16.3 Å². The van der Waals surface area contributed by atoms with Gasteiger partial charge in [0.1, 0.15) is 17.8 Å². The molecule has 12 heteroatoms. The Kier molecular flexibility index (Phi) is 10.3. The van der Waals surface area contributed by atoms with Crippen molar-refractivity contribution >= 4 is 52.2 Å². The summed E-state index contributed by atoms with van der Waals surface area (Å²) in [5, 5.41) is 5.47. The van der Waals surface area contributed by atoms with Crippen molar-refractivity contribution in [2.75, 3.05) is 17.2 Å². The van der Waals surface area contributed by atoms with Gasteiger partial charge in [0.15, 0.2) is 5.82 Å². The Balaban J connectivity index is 1.45. The van der Waals surface area contributed by atoms with Gasteiger partial charge in [-0.15, -0.1) is 0 Å². The van der Waals surface area contributed by atoms with Gasteiger partial charge in [-0.25, -0.2) is 8.78 Å². The van der Waals surface area contributed by atoms with Crippen molar-refractivity contribution in [2.24, 2.45) is 5.92 Å². The Morgan fingerprint density at radius 2 is 1.88 bits per heavy atom. The molecule has 3 heterocycles. The van der Waals surface area contributed by atoms with Crippen molar-refractivity contribution in [3.63, 3.8) is 0 Å². The van der Waals surface area contributed by atoms with Crippen LogP contribution in [0.3, 0.4) is 0 Å². The first-order valence-corrected chi connectivity index (χ1v) is 16.2. The first-order valence-electron chi connectivity index (χ1n) is 15.8. The van der Waals surface area contributed by atoms with Gasteiger partial charge in [0, 0.05) is 36.0 Å². The lowest BCUT2D eigenvalue weighted by molar-refractivity contribution is -0.155. The number of anilines is 2. The van der Waals surface area contributed by atoms with E-state index in [2.05, 4.69) is 15.6 Å². The molecule has 0 unspecified atom stereocenters. The second-order valence-corrected chi connectivity index (χ2v) is 13.5. The number of carbonyl (C=O) groups is 4. The molecule has 2 aliphatic heterocycles. The lowest BCUT2D eigenvalue weighted by Gasteiger charge is -2.34. The predicted molar refractivity (Wildman–Crippen MR) is 179 cm³/mol. The van der Waals surface area contributed by atoms with Crippen molar-refractivity contribution in [1.82, 2.24) is 9.88 Å². The zero-order chi connectivity index (χ0) is 34.7. The molecule has 0 fully saturated rings. The third kappa shape index (κ3) is 8.07. The van der Waals surface area contributed by atoms with Gasteiger partial charge in [-0.1, -0.05) is 31.0 Å². The van der Waals surface area contributed by atoms with Gasteiger partial charge in [0.05, 0.1) is 28.0 Å². The van der Waals surface area contributed by atoms with Crippen LogP contribution in [0.2, 0.25) is 5.02 Å². The normalized spacial score (nSPS) is 18.5. The molecule has 2 aliphatic rings. The highest BCUT2D eigenvalue weighted by Crippen LogP contribution is 2.38. The molecular weight excluding hydrogens is 642 g/mol. The number of pyridine rings is 1. The van der Waals surface area contributed by atoms with Crippen LogP contribution in [0.1, 0.15) is 77.1 Å². The van der Waals surface area contributed by atoms with Crippen LogP contribution in [0.4, 0.5) is 20.2 Å². The van der Waals surface area contributed by atoms with Crippen molar-refractivity contribution in [3.8, 4) is 11.1 Å². The number of hydrogen-bond acceptors (Lipinski definition) is 6. The van der Waals surface area contributed by atoms with Gasteiger partial charge in [-0.3, -0.25) is 24.2 Å². The molecule has 0 aliphatic carbocycles. The van der Waals surface area contributed by atoms with E-state index in [0.29, 0.717) is 47.5 Å². The fraction of sp³-hybridized carbons (Fsp3) is 0.361. The smallest absolute Gasteiger partial charge is 0.315 e. The standard InChI is InChI=1S/C36H37ClF2N4O5/c1-20-6-5-7-29(43-15-13-22(17-31(43)45)33-26(38)11-10-25(37)34(33)39)28-16-21(12-14-40-28)24-9-8-23(18-27(24)42-35(20)47)41-30(44)19-32(46)48-36(2,3)4/h8-12,14,16-18,20,29H,5-7,13,15,19H2,1-4H3,(H,41,44)(H,42,47)/t20-,29+/m1/s1. The number of amides is 3. The molecule has 2 aromatic carbocycles. The number of benzene rings is 2. The maximum Gasteiger partial charge on any atom is 0.315 e. The van der Waals surface area contributed by atoms with Crippen LogP contribution in [-0.4, -0.2) is 45.7 Å². The van der Waals surface area contributed by atoms with Gasteiger partial charge >= 0.3 is 5.97 Å². The summed E-state index contributed by atoms with van der Waals surface area (Å²) in [5.74, 6) is -3.91. The van der Waals surface area contributed by atoms with Gasteiger partial charge in [-0.05, 0) is 87.6 Å². The van der Waals surface area contributed by atoms with Crippen LogP contribution in [0.5, 0.6) is 0 Å². The fourth-order valence-electron chi connectivity index (χ4n) is 5.94. The Labute approximate surface area is 282 Å². The number of halogens is 3. The molecular formula is C36H37ClF2N4O5. The lowest BCUT2D eigenvalue weighted by Crippen LogP contribution is -2.38. The van der Waals surface area contributed by atoms with Gasteiger partial charge in [-0.2, -0.15) is 0 Å². The largest absolute Gasteiger partial charge is 0.460 e. The number of nitrogens with zero attached hydrogens (tertiary/aromatic N) is 2. The van der Waals surface area contributed by atoms with Crippen LogP contribution in [0.25, 0.3) is 16.7 Å². The van der Waals surface area contributed by atoms with E-state index < -0.39 is 47.5 Å². The van der Waals surface area contributed by atoms with Crippen LogP contribution < -0.4 is 10.6 Å². The number of carbonyl (C=O) groups excluding carboxylic acids is 4. The third-order valence-corrected chi connectivity index (χ3v) is 8.52. The molecule has 0 saturated heterocycles. The Hall–Kier alpha value is -4.64. The van der Waals surface area contributed by atoms with Crippen molar-refractivity contribution in [2.45, 2.75) is 71.4 Å². The summed E-state index contributed by atoms with van der Waals surface area (Å²) in [5.41, 5.74) is 2.02. The minimum absolute atomic E-state index is 0.200. The Bertz CT molecular complexity index is 1810. The van der Waals surface area contributed by atoms with Crippen molar-refractivity contribution in [1.29, 1.82) is 0 Å². The monoisotopic (exact) mass is 678 g/mol. The molecule has 2 bridgehead atoms. The molecule has 5 rings (SSSR count). The summed E-state index contributed by atoms with van der Waals surface area (Å²) < 4.78 is 34.6. The number of esters is 1. The van der Waals surface area contributed by atoms with E-state index in [1.807, 2.05) is 13.0 Å². The molecule has 0 saturated carbocycles. The highest BCUT2D eigenvalue weighted by Gasteiger charge is 2.31. The van der Waals surface area contributed by atoms with Crippen LogP contribution >= 0.6 is 11.6 Å². The molecule has 2 atom stereocenters. The second kappa shape index (κ2) is 14.2. The minimum Gasteiger partial charge on any atom is -0.460 e. The SMILES string of the molecule is C[C@@H]1CCC[C@H](N2CCC(c3c(F)ccc(Cl)c3F)=CC2=O)c2cc(ccn2)-c2ccc(NC(=O)CC(=O)OC(C)(C)C)cc2NC1=O. The van der Waals surface area contributed by atoms with Crippen molar-refractivity contribution in [3.05, 3.63) is 82.7 Å². The third-order valence-electron chi connectivity index (χ3n) is 8.23. The number of aromatic nitrogens is 1. The number of rotatable bonds is 5. The molecule has 9 nitrogen and oxygen atoms in total. The van der Waals surface area contributed by atoms with Crippen molar-refractivity contribution < 1.29 is 32.7 Å². The average molecular weight is 679 g/mol. The number of fused-ring (bicyclic) bond motifs is 4. The number of nitrogens with one attached hydrogen (secondary N) is 2. The molecule has 3 amide bonds. The molecule has 2 N–H and O–H groups in total. The van der Waals surface area contributed by atoms with E-state index in [-0.39, 0.29) is 40.9 Å². The van der Waals surface area contributed by atoms with Gasteiger partial charge < -0.3 is 20.3 Å². The summed E-state index contributed by atoms with van der Waals surface area (Å²) in [6, 6.07) is 10.4. The lowest BCUT2D eigenvalue weighted by atomic mass is 9.92. The summed E-state index contributed by atoms with van der Waals surface area (Å²) in [4.78, 5) is 57.9. The maximum atomic E-state index is 14.8. The molecule has 3 aromatic rings. The highest BCUT2D eigenvalue weighted by atomic mass is 35.5. The minimum atomic E-state index is -0.902. The Morgan fingerprint density at radius 3 is 2.60 bits per heavy atom. The molecule has 0 radical (unpaired) electrons. The molecule has 0 spiro atoms. The fourth-order valence-corrected chi connectivity index (χ4v) is 6.10. The molecule has 48 heavy (non-hydrogen) atoms. The highest BCUT2D eigenvalue weighted by molar-refractivity contribution is 6.31. The zero-order valence-electron chi connectivity index (χ0n) is 27.2. The number of hydrogen-bond donors (Lipinski definition) is 2. The maximum absolute atomic E-state index is 14.8. The van der Waals surface area contributed by atoms with Crippen LogP contribution in [0.15, 0.2) is 54.7 Å². The topological polar surface area (TPSA) is 118 Å². The summed E-state index contributed by atoms with van der Waals surface area (Å²) in [6.45, 7) is 7.16. The number of ether oxygens (including phenoxy) is 1. The van der Waals surface area contributed by atoms with E-state index in [0.717, 1.165) is 12.1 Å². The average Bonchev–Trinajstić information content (AvgIpc) is 3.00. The molecule has 1 aromatic heterocycles. The van der Waals surface area contributed by atoms with E-state index in [1.54, 1.807) is 56.1 Å².